The summed E-state index contributed by atoms with van der Waals surface area (Å²) in [5.74, 6) is -1.84. The van der Waals surface area contributed by atoms with Gasteiger partial charge in [-0.2, -0.15) is 0 Å². The van der Waals surface area contributed by atoms with E-state index in [0.717, 1.165) is 6.07 Å². The maximum atomic E-state index is 13.5. The molecule has 1 N–H and O–H groups in total. The van der Waals surface area contributed by atoms with Crippen LogP contribution in [0.3, 0.4) is 0 Å². The van der Waals surface area contributed by atoms with Crippen LogP contribution in [0.4, 0.5) is 8.78 Å². The Labute approximate surface area is 91.2 Å². The van der Waals surface area contributed by atoms with Gasteiger partial charge < -0.3 is 5.11 Å². The van der Waals surface area contributed by atoms with Gasteiger partial charge in [-0.05, 0) is 17.7 Å². The van der Waals surface area contributed by atoms with Crippen LogP contribution in [0.2, 0.25) is 0 Å². The molecule has 1 aromatic heterocycles. The summed E-state index contributed by atoms with van der Waals surface area (Å²) < 4.78 is 26.6. The topological polar surface area (TPSA) is 33.1 Å². The first-order chi connectivity index (χ1) is 7.74. The van der Waals surface area contributed by atoms with E-state index in [1.165, 1.54) is 24.5 Å². The number of pyridine rings is 1. The molecule has 2 rings (SSSR count). The van der Waals surface area contributed by atoms with Crippen molar-refractivity contribution in [2.24, 2.45) is 0 Å². The highest BCUT2D eigenvalue weighted by Crippen LogP contribution is 2.26. The average molecular weight is 221 g/mol. The molecular formula is C12H9F2NO. The van der Waals surface area contributed by atoms with Crippen molar-refractivity contribution in [2.75, 3.05) is 0 Å². The van der Waals surface area contributed by atoms with E-state index < -0.39 is 11.6 Å². The molecule has 0 aliphatic carbocycles. The van der Waals surface area contributed by atoms with Crippen LogP contribution in [0, 0.1) is 11.6 Å². The molecule has 4 heteroatoms. The summed E-state index contributed by atoms with van der Waals surface area (Å²) in [4.78, 5) is 3.84. The molecule has 1 aromatic carbocycles. The molecular weight excluding hydrogens is 212 g/mol. The van der Waals surface area contributed by atoms with Crippen LogP contribution in [0.15, 0.2) is 36.7 Å². The van der Waals surface area contributed by atoms with Gasteiger partial charge in [-0.15, -0.1) is 0 Å². The fourth-order valence-corrected chi connectivity index (χ4v) is 1.52. The molecule has 0 fully saturated rings. The maximum Gasteiger partial charge on any atom is 0.166 e. The van der Waals surface area contributed by atoms with E-state index in [-0.39, 0.29) is 12.2 Å². The van der Waals surface area contributed by atoms with Gasteiger partial charge in [0.1, 0.15) is 0 Å². The van der Waals surface area contributed by atoms with Crippen molar-refractivity contribution in [3.63, 3.8) is 0 Å². The highest BCUT2D eigenvalue weighted by molar-refractivity contribution is 5.66. The van der Waals surface area contributed by atoms with Gasteiger partial charge in [0, 0.05) is 23.5 Å². The lowest BCUT2D eigenvalue weighted by Gasteiger charge is -2.07. The predicted octanol–water partition coefficient (Wildman–Crippen LogP) is 2.52. The Morgan fingerprint density at radius 3 is 2.69 bits per heavy atom. The number of hydrogen-bond donors (Lipinski definition) is 1. The molecule has 0 bridgehead atoms. The molecule has 0 unspecified atom stereocenters. The summed E-state index contributed by atoms with van der Waals surface area (Å²) in [6.45, 7) is -0.242. The molecule has 0 saturated carbocycles. The SMILES string of the molecule is OCc1ccncc1-c1cccc(F)c1F. The number of rotatable bonds is 2. The summed E-state index contributed by atoms with van der Waals surface area (Å²) in [7, 11) is 0. The minimum atomic E-state index is -0.926. The molecule has 0 atom stereocenters. The van der Waals surface area contributed by atoms with Crippen LogP contribution in [0.5, 0.6) is 0 Å². The molecule has 0 saturated heterocycles. The van der Waals surface area contributed by atoms with Gasteiger partial charge in [-0.25, -0.2) is 8.78 Å². The zero-order valence-electron chi connectivity index (χ0n) is 8.32. The lowest BCUT2D eigenvalue weighted by Crippen LogP contribution is -1.94. The van der Waals surface area contributed by atoms with E-state index in [0.29, 0.717) is 11.1 Å². The molecule has 2 aromatic rings. The highest BCUT2D eigenvalue weighted by atomic mass is 19.2. The van der Waals surface area contributed by atoms with Gasteiger partial charge in [0.2, 0.25) is 0 Å². The Balaban J connectivity index is 2.63. The second-order valence-corrected chi connectivity index (χ2v) is 3.29. The number of aliphatic hydroxyl groups is 1. The van der Waals surface area contributed by atoms with E-state index in [1.807, 2.05) is 0 Å². The van der Waals surface area contributed by atoms with Crippen molar-refractivity contribution in [3.05, 3.63) is 53.9 Å². The van der Waals surface area contributed by atoms with Crippen LogP contribution in [0.1, 0.15) is 5.56 Å². The Morgan fingerprint density at radius 1 is 1.12 bits per heavy atom. The third kappa shape index (κ3) is 1.79. The fraction of sp³-hybridized carbons (Fsp3) is 0.0833. The van der Waals surface area contributed by atoms with Crippen molar-refractivity contribution in [1.82, 2.24) is 4.98 Å². The molecule has 0 aliphatic heterocycles. The summed E-state index contributed by atoms with van der Waals surface area (Å²) >= 11 is 0. The normalized spacial score (nSPS) is 10.4. The van der Waals surface area contributed by atoms with Gasteiger partial charge in [0.15, 0.2) is 11.6 Å². The third-order valence-electron chi connectivity index (χ3n) is 2.32. The molecule has 0 spiro atoms. The Kier molecular flexibility index (Phi) is 2.92. The quantitative estimate of drug-likeness (QED) is 0.845. The third-order valence-corrected chi connectivity index (χ3v) is 2.32. The number of benzene rings is 1. The standard InChI is InChI=1S/C12H9F2NO/c13-11-3-1-2-9(12(11)14)10-6-15-5-4-8(10)7-16/h1-6,16H,7H2. The molecule has 0 amide bonds. The number of aliphatic hydroxyl groups excluding tert-OH is 1. The number of aromatic nitrogens is 1. The number of halogens is 2. The molecule has 1 heterocycles. The van der Waals surface area contributed by atoms with Gasteiger partial charge in [0.05, 0.1) is 6.61 Å². The van der Waals surface area contributed by atoms with Crippen LogP contribution < -0.4 is 0 Å². The first-order valence-electron chi connectivity index (χ1n) is 4.72. The van der Waals surface area contributed by atoms with Gasteiger partial charge in [-0.3, -0.25) is 4.98 Å². The largest absolute Gasteiger partial charge is 0.392 e. The van der Waals surface area contributed by atoms with Crippen molar-refractivity contribution >= 4 is 0 Å². The Morgan fingerprint density at radius 2 is 1.94 bits per heavy atom. The van der Waals surface area contributed by atoms with Gasteiger partial charge in [0.25, 0.3) is 0 Å². The Bertz CT molecular complexity index is 514. The van der Waals surface area contributed by atoms with Crippen LogP contribution in [-0.2, 0) is 6.61 Å². The van der Waals surface area contributed by atoms with E-state index >= 15 is 0 Å². The van der Waals surface area contributed by atoms with E-state index in [4.69, 9.17) is 5.11 Å². The lowest BCUT2D eigenvalue weighted by atomic mass is 10.0. The monoisotopic (exact) mass is 221 g/mol. The molecule has 0 radical (unpaired) electrons. The first kappa shape index (κ1) is 10.7. The van der Waals surface area contributed by atoms with E-state index in [9.17, 15) is 8.78 Å². The van der Waals surface area contributed by atoms with Gasteiger partial charge >= 0.3 is 0 Å². The summed E-state index contributed by atoms with van der Waals surface area (Å²) in [5, 5.41) is 9.10. The summed E-state index contributed by atoms with van der Waals surface area (Å²) in [6, 6.07) is 5.49. The van der Waals surface area contributed by atoms with Crippen molar-refractivity contribution in [3.8, 4) is 11.1 Å². The second-order valence-electron chi connectivity index (χ2n) is 3.29. The maximum absolute atomic E-state index is 13.5. The smallest absolute Gasteiger partial charge is 0.166 e. The first-order valence-corrected chi connectivity index (χ1v) is 4.72. The zero-order valence-corrected chi connectivity index (χ0v) is 8.32. The van der Waals surface area contributed by atoms with Crippen molar-refractivity contribution < 1.29 is 13.9 Å². The lowest BCUT2D eigenvalue weighted by molar-refractivity contribution is 0.282. The average Bonchev–Trinajstić information content (AvgIpc) is 2.33. The molecule has 16 heavy (non-hydrogen) atoms. The molecule has 2 nitrogen and oxygen atoms in total. The van der Waals surface area contributed by atoms with E-state index in [1.54, 1.807) is 6.07 Å². The summed E-state index contributed by atoms with van der Waals surface area (Å²) in [5.41, 5.74) is 1.03. The number of hydrogen-bond acceptors (Lipinski definition) is 2. The molecule has 82 valence electrons. The highest BCUT2D eigenvalue weighted by Gasteiger charge is 2.12. The minimum Gasteiger partial charge on any atom is -0.392 e. The van der Waals surface area contributed by atoms with Gasteiger partial charge in [-0.1, -0.05) is 12.1 Å². The Hall–Kier alpha value is -1.81. The predicted molar refractivity (Wildman–Crippen MR) is 55.5 cm³/mol. The van der Waals surface area contributed by atoms with Crippen LogP contribution in [0.25, 0.3) is 11.1 Å². The van der Waals surface area contributed by atoms with E-state index in [2.05, 4.69) is 4.98 Å². The number of nitrogens with zero attached hydrogens (tertiary/aromatic N) is 1. The second kappa shape index (κ2) is 4.37. The zero-order chi connectivity index (χ0) is 11.5. The molecule has 0 aliphatic rings. The van der Waals surface area contributed by atoms with Crippen molar-refractivity contribution in [1.29, 1.82) is 0 Å². The van der Waals surface area contributed by atoms with Crippen molar-refractivity contribution in [2.45, 2.75) is 6.61 Å². The minimum absolute atomic E-state index is 0.108. The summed E-state index contributed by atoms with van der Waals surface area (Å²) in [6.07, 6.45) is 2.90. The van der Waals surface area contributed by atoms with Crippen LogP contribution >= 0.6 is 0 Å². The fourth-order valence-electron chi connectivity index (χ4n) is 1.52. The van der Waals surface area contributed by atoms with Crippen LogP contribution in [-0.4, -0.2) is 10.1 Å².